The standard InChI is InChI=1S/C14H21N3O2/c1-17(2)7-8-19-13-6-3-10(9-12(13)15)14(18)16-11-4-5-11/h3,6,9,11H,4-5,7-8,15H2,1-2H3,(H,16,18). The average Bonchev–Trinajstić information content (AvgIpc) is 3.14. The summed E-state index contributed by atoms with van der Waals surface area (Å²) in [6.45, 7) is 1.40. The van der Waals surface area contributed by atoms with E-state index in [0.29, 0.717) is 29.6 Å². The second-order valence-electron chi connectivity index (χ2n) is 5.15. The van der Waals surface area contributed by atoms with Gasteiger partial charge in [-0.2, -0.15) is 0 Å². The maximum absolute atomic E-state index is 11.8. The lowest BCUT2D eigenvalue weighted by Gasteiger charge is -2.13. The highest BCUT2D eigenvalue weighted by Gasteiger charge is 2.23. The molecule has 0 heterocycles. The summed E-state index contributed by atoms with van der Waals surface area (Å²) in [5.41, 5.74) is 6.99. The van der Waals surface area contributed by atoms with Crippen molar-refractivity contribution < 1.29 is 9.53 Å². The number of rotatable bonds is 6. The van der Waals surface area contributed by atoms with Gasteiger partial charge in [0, 0.05) is 18.2 Å². The Morgan fingerprint density at radius 2 is 2.21 bits per heavy atom. The molecule has 1 aromatic rings. The zero-order chi connectivity index (χ0) is 13.8. The van der Waals surface area contributed by atoms with Gasteiger partial charge in [-0.05, 0) is 45.1 Å². The maximum atomic E-state index is 11.8. The van der Waals surface area contributed by atoms with Gasteiger partial charge in [-0.3, -0.25) is 4.79 Å². The molecule has 104 valence electrons. The molecular weight excluding hydrogens is 242 g/mol. The Kier molecular flexibility index (Phi) is 4.27. The lowest BCUT2D eigenvalue weighted by Crippen LogP contribution is -2.25. The van der Waals surface area contributed by atoms with E-state index in [1.54, 1.807) is 18.2 Å². The number of carbonyl (C=O) groups is 1. The quantitative estimate of drug-likeness (QED) is 0.754. The molecule has 1 fully saturated rings. The lowest BCUT2D eigenvalue weighted by molar-refractivity contribution is 0.0951. The molecule has 0 radical (unpaired) electrons. The Morgan fingerprint density at radius 3 is 2.79 bits per heavy atom. The monoisotopic (exact) mass is 263 g/mol. The predicted molar refractivity (Wildman–Crippen MR) is 75.4 cm³/mol. The van der Waals surface area contributed by atoms with Crippen LogP contribution in [0.25, 0.3) is 0 Å². The van der Waals surface area contributed by atoms with Gasteiger partial charge in [-0.25, -0.2) is 0 Å². The molecule has 1 saturated carbocycles. The molecule has 0 unspecified atom stereocenters. The van der Waals surface area contributed by atoms with Gasteiger partial charge in [0.15, 0.2) is 0 Å². The van der Waals surface area contributed by atoms with Crippen LogP contribution < -0.4 is 15.8 Å². The molecule has 0 saturated heterocycles. The van der Waals surface area contributed by atoms with Crippen molar-refractivity contribution in [2.75, 3.05) is 33.0 Å². The Labute approximate surface area is 113 Å². The van der Waals surface area contributed by atoms with E-state index < -0.39 is 0 Å². The highest BCUT2D eigenvalue weighted by Crippen LogP contribution is 2.24. The fourth-order valence-corrected chi connectivity index (χ4v) is 1.66. The molecule has 1 aliphatic carbocycles. The van der Waals surface area contributed by atoms with E-state index in [-0.39, 0.29) is 5.91 Å². The lowest BCUT2D eigenvalue weighted by atomic mass is 10.1. The number of hydrogen-bond acceptors (Lipinski definition) is 4. The molecule has 3 N–H and O–H groups in total. The number of benzene rings is 1. The maximum Gasteiger partial charge on any atom is 0.251 e. The van der Waals surface area contributed by atoms with E-state index in [0.717, 1.165) is 19.4 Å². The van der Waals surface area contributed by atoms with E-state index >= 15 is 0 Å². The number of nitrogens with zero attached hydrogens (tertiary/aromatic N) is 1. The third kappa shape index (κ3) is 4.13. The van der Waals surface area contributed by atoms with E-state index in [1.807, 2.05) is 19.0 Å². The van der Waals surface area contributed by atoms with Crippen LogP contribution in [0.1, 0.15) is 23.2 Å². The van der Waals surface area contributed by atoms with Crippen molar-refractivity contribution in [2.45, 2.75) is 18.9 Å². The number of nitrogens with one attached hydrogen (secondary N) is 1. The second-order valence-corrected chi connectivity index (χ2v) is 5.15. The second kappa shape index (κ2) is 5.93. The van der Waals surface area contributed by atoms with Crippen molar-refractivity contribution >= 4 is 11.6 Å². The van der Waals surface area contributed by atoms with Crippen molar-refractivity contribution in [2.24, 2.45) is 0 Å². The van der Waals surface area contributed by atoms with Crippen LogP contribution in [0, 0.1) is 0 Å². The van der Waals surface area contributed by atoms with Gasteiger partial charge >= 0.3 is 0 Å². The van der Waals surface area contributed by atoms with Crippen molar-refractivity contribution in [3.05, 3.63) is 23.8 Å². The molecule has 0 aliphatic heterocycles. The Morgan fingerprint density at radius 1 is 1.47 bits per heavy atom. The Bertz CT molecular complexity index is 456. The first-order chi connectivity index (χ1) is 9.06. The van der Waals surface area contributed by atoms with Crippen LogP contribution in [0.5, 0.6) is 5.75 Å². The topological polar surface area (TPSA) is 67.6 Å². The molecule has 0 aromatic heterocycles. The van der Waals surface area contributed by atoms with Crippen LogP contribution in [-0.2, 0) is 0 Å². The summed E-state index contributed by atoms with van der Waals surface area (Å²) in [6.07, 6.45) is 2.15. The smallest absolute Gasteiger partial charge is 0.251 e. The van der Waals surface area contributed by atoms with Crippen molar-refractivity contribution in [3.63, 3.8) is 0 Å². The van der Waals surface area contributed by atoms with Gasteiger partial charge in [-0.1, -0.05) is 0 Å². The fourth-order valence-electron chi connectivity index (χ4n) is 1.66. The van der Waals surface area contributed by atoms with E-state index in [1.165, 1.54) is 0 Å². The molecule has 0 spiro atoms. The Hall–Kier alpha value is -1.75. The van der Waals surface area contributed by atoms with E-state index in [2.05, 4.69) is 5.32 Å². The Balaban J connectivity index is 1.93. The minimum absolute atomic E-state index is 0.0611. The zero-order valence-corrected chi connectivity index (χ0v) is 11.5. The number of ether oxygens (including phenoxy) is 1. The van der Waals surface area contributed by atoms with Crippen LogP contribution in [0.2, 0.25) is 0 Å². The van der Waals surface area contributed by atoms with Gasteiger partial charge in [-0.15, -0.1) is 0 Å². The van der Waals surface area contributed by atoms with Crippen molar-refractivity contribution in [3.8, 4) is 5.75 Å². The molecular formula is C14H21N3O2. The van der Waals surface area contributed by atoms with E-state index in [4.69, 9.17) is 10.5 Å². The summed E-state index contributed by atoms with van der Waals surface area (Å²) in [5.74, 6) is 0.568. The average molecular weight is 263 g/mol. The van der Waals surface area contributed by atoms with Gasteiger partial charge in [0.05, 0.1) is 5.69 Å². The molecule has 5 heteroatoms. The van der Waals surface area contributed by atoms with E-state index in [9.17, 15) is 4.79 Å². The first kappa shape index (κ1) is 13.7. The summed E-state index contributed by atoms with van der Waals surface area (Å²) in [5, 5.41) is 2.93. The minimum atomic E-state index is -0.0611. The predicted octanol–water partition coefficient (Wildman–Crippen LogP) is 1.10. The molecule has 1 aliphatic rings. The third-order valence-corrected chi connectivity index (χ3v) is 2.98. The summed E-state index contributed by atoms with van der Waals surface area (Å²) in [4.78, 5) is 13.9. The first-order valence-electron chi connectivity index (χ1n) is 6.54. The molecule has 19 heavy (non-hydrogen) atoms. The molecule has 5 nitrogen and oxygen atoms in total. The third-order valence-electron chi connectivity index (χ3n) is 2.98. The molecule has 0 bridgehead atoms. The summed E-state index contributed by atoms with van der Waals surface area (Å²) < 4.78 is 5.58. The number of carbonyl (C=O) groups excluding carboxylic acids is 1. The molecule has 2 rings (SSSR count). The van der Waals surface area contributed by atoms with Crippen LogP contribution in [0.4, 0.5) is 5.69 Å². The number of nitrogen functional groups attached to an aromatic ring is 1. The molecule has 0 atom stereocenters. The zero-order valence-electron chi connectivity index (χ0n) is 11.5. The summed E-state index contributed by atoms with van der Waals surface area (Å²) >= 11 is 0. The largest absolute Gasteiger partial charge is 0.490 e. The van der Waals surface area contributed by atoms with Gasteiger partial charge in [0.25, 0.3) is 5.91 Å². The van der Waals surface area contributed by atoms with Crippen molar-refractivity contribution in [1.29, 1.82) is 0 Å². The fraction of sp³-hybridized carbons (Fsp3) is 0.500. The number of amides is 1. The molecule has 1 aromatic carbocycles. The van der Waals surface area contributed by atoms with Gasteiger partial charge in [0.1, 0.15) is 12.4 Å². The highest BCUT2D eigenvalue weighted by molar-refractivity contribution is 5.95. The normalized spacial score (nSPS) is 14.5. The van der Waals surface area contributed by atoms with Crippen LogP contribution in [0.3, 0.4) is 0 Å². The highest BCUT2D eigenvalue weighted by atomic mass is 16.5. The first-order valence-corrected chi connectivity index (χ1v) is 6.54. The minimum Gasteiger partial charge on any atom is -0.490 e. The molecule has 1 amide bonds. The number of likely N-dealkylation sites (N-methyl/N-ethyl adjacent to an activating group) is 1. The summed E-state index contributed by atoms with van der Waals surface area (Å²) in [6, 6.07) is 5.53. The van der Waals surface area contributed by atoms with Crippen LogP contribution in [0.15, 0.2) is 18.2 Å². The van der Waals surface area contributed by atoms with Crippen LogP contribution >= 0.6 is 0 Å². The van der Waals surface area contributed by atoms with Crippen LogP contribution in [-0.4, -0.2) is 44.1 Å². The number of hydrogen-bond donors (Lipinski definition) is 2. The number of nitrogens with two attached hydrogens (primary N) is 1. The van der Waals surface area contributed by atoms with Crippen molar-refractivity contribution in [1.82, 2.24) is 10.2 Å². The number of anilines is 1. The summed E-state index contributed by atoms with van der Waals surface area (Å²) in [7, 11) is 3.97. The SMILES string of the molecule is CN(C)CCOc1ccc(C(=O)NC2CC2)cc1N. The van der Waals surface area contributed by atoms with Gasteiger partial charge in [0.2, 0.25) is 0 Å². The van der Waals surface area contributed by atoms with Gasteiger partial charge < -0.3 is 20.7 Å².